The number of unbranched alkanes of at least 4 members (excludes halogenated alkanes) is 5. The molecule has 3 heteroatoms. The monoisotopic (exact) mass is 725 g/mol. The molecule has 6 rings (SSSR count). The van der Waals surface area contributed by atoms with E-state index in [9.17, 15) is 0 Å². The van der Waals surface area contributed by atoms with Crippen LogP contribution in [0.2, 0.25) is 0 Å². The van der Waals surface area contributed by atoms with Crippen molar-refractivity contribution in [2.45, 2.75) is 163 Å². The predicted molar refractivity (Wildman–Crippen MR) is 224 cm³/mol. The highest BCUT2D eigenvalue weighted by Gasteiger charge is 2.59. The van der Waals surface area contributed by atoms with Gasteiger partial charge in [-0.1, -0.05) is 122 Å². The fourth-order valence-electron chi connectivity index (χ4n) is 11.8. The number of ether oxygens (including phenoxy) is 3. The van der Waals surface area contributed by atoms with E-state index in [1.54, 1.807) is 5.57 Å². The lowest BCUT2D eigenvalue weighted by molar-refractivity contribution is -0.0641. The largest absolute Gasteiger partial charge is 0.494 e. The zero-order chi connectivity index (χ0) is 37.3. The SMILES string of the molecule is CCCCOc1ccc(-c2ccc(OCCCCCCCO[C@H]3CC[C@@]4(C)C(=CC[C@H]5[C@@H]6CC[C@H]([C@H](C)CCCC(C)C)[C@@]6(C)CC[C@@H]54)C3)cc2)cc1. The molecule has 0 heterocycles. The highest BCUT2D eigenvalue weighted by atomic mass is 16.5. The second-order valence-corrected chi connectivity index (χ2v) is 18.9. The number of benzene rings is 2. The number of fused-ring (bicyclic) bond motifs is 5. The molecule has 0 amide bonds. The zero-order valence-corrected chi connectivity index (χ0v) is 34.8. The molecular weight excluding hydrogens is 649 g/mol. The topological polar surface area (TPSA) is 27.7 Å². The summed E-state index contributed by atoms with van der Waals surface area (Å²) < 4.78 is 18.4. The summed E-state index contributed by atoms with van der Waals surface area (Å²) in [5, 5.41) is 0. The van der Waals surface area contributed by atoms with Gasteiger partial charge in [0.1, 0.15) is 11.5 Å². The molecule has 3 fully saturated rings. The van der Waals surface area contributed by atoms with Gasteiger partial charge in [0.25, 0.3) is 0 Å². The van der Waals surface area contributed by atoms with Crippen molar-refractivity contribution in [2.24, 2.45) is 46.3 Å². The Morgan fingerprint density at radius 3 is 1.96 bits per heavy atom. The Bertz CT molecular complexity index is 1410. The van der Waals surface area contributed by atoms with Gasteiger partial charge in [-0.05, 0) is 152 Å². The van der Waals surface area contributed by atoms with Crippen LogP contribution < -0.4 is 9.47 Å². The van der Waals surface area contributed by atoms with E-state index in [0.717, 1.165) is 86.1 Å². The van der Waals surface area contributed by atoms with Crippen molar-refractivity contribution in [1.29, 1.82) is 0 Å². The van der Waals surface area contributed by atoms with Crippen molar-refractivity contribution in [3.8, 4) is 22.6 Å². The average molecular weight is 725 g/mol. The van der Waals surface area contributed by atoms with Crippen molar-refractivity contribution in [2.75, 3.05) is 19.8 Å². The molecule has 0 N–H and O–H groups in total. The van der Waals surface area contributed by atoms with Crippen molar-refractivity contribution >= 4 is 0 Å². The molecule has 0 radical (unpaired) electrons. The summed E-state index contributed by atoms with van der Waals surface area (Å²) in [6.45, 7) is 17.5. The highest BCUT2D eigenvalue weighted by Crippen LogP contribution is 2.67. The van der Waals surface area contributed by atoms with Gasteiger partial charge in [-0.2, -0.15) is 0 Å². The Morgan fingerprint density at radius 1 is 0.660 bits per heavy atom. The van der Waals surface area contributed by atoms with Crippen LogP contribution in [0.5, 0.6) is 11.5 Å². The van der Waals surface area contributed by atoms with Gasteiger partial charge < -0.3 is 14.2 Å². The molecule has 2 aromatic carbocycles. The van der Waals surface area contributed by atoms with Crippen molar-refractivity contribution < 1.29 is 14.2 Å². The van der Waals surface area contributed by atoms with Crippen LogP contribution in [0.1, 0.15) is 157 Å². The van der Waals surface area contributed by atoms with E-state index in [2.05, 4.69) is 96.1 Å². The van der Waals surface area contributed by atoms with Crippen molar-refractivity contribution in [3.05, 3.63) is 60.2 Å². The summed E-state index contributed by atoms with van der Waals surface area (Å²) in [5.41, 5.74) is 5.18. The van der Waals surface area contributed by atoms with E-state index in [1.165, 1.54) is 107 Å². The lowest BCUT2D eigenvalue weighted by atomic mass is 9.47. The van der Waals surface area contributed by atoms with E-state index in [4.69, 9.17) is 14.2 Å². The quantitative estimate of drug-likeness (QED) is 0.100. The molecule has 0 bridgehead atoms. The molecule has 0 spiro atoms. The number of rotatable bonds is 20. The summed E-state index contributed by atoms with van der Waals surface area (Å²) in [7, 11) is 0. The molecule has 8 atom stereocenters. The van der Waals surface area contributed by atoms with Crippen LogP contribution in [0.15, 0.2) is 60.2 Å². The second-order valence-electron chi connectivity index (χ2n) is 18.9. The molecule has 2 aromatic rings. The Hall–Kier alpha value is -2.26. The second kappa shape index (κ2) is 19.1. The van der Waals surface area contributed by atoms with Crippen molar-refractivity contribution in [1.82, 2.24) is 0 Å². The third-order valence-corrected chi connectivity index (χ3v) is 15.0. The van der Waals surface area contributed by atoms with Gasteiger partial charge in [-0.15, -0.1) is 0 Å². The third-order valence-electron chi connectivity index (χ3n) is 15.0. The van der Waals surface area contributed by atoms with Crippen LogP contribution in [-0.4, -0.2) is 25.9 Å². The Kier molecular flexibility index (Phi) is 14.5. The minimum absolute atomic E-state index is 0.421. The first-order valence-corrected chi connectivity index (χ1v) is 22.5. The highest BCUT2D eigenvalue weighted by molar-refractivity contribution is 5.64. The molecule has 3 saturated carbocycles. The van der Waals surface area contributed by atoms with Gasteiger partial charge in [0.15, 0.2) is 0 Å². The summed E-state index contributed by atoms with van der Waals surface area (Å²) in [6, 6.07) is 16.9. The molecule has 0 aromatic heterocycles. The van der Waals surface area contributed by atoms with Crippen LogP contribution >= 0.6 is 0 Å². The number of allylic oxidation sites excluding steroid dienone is 1. The van der Waals surface area contributed by atoms with Crippen LogP contribution in [-0.2, 0) is 4.74 Å². The third kappa shape index (κ3) is 9.95. The standard InChI is InChI=1S/C50H76O3/c1-7-8-33-51-42-22-17-39(18-23-42)40-19-24-43(25-20-40)52-34-12-10-9-11-13-35-53-44-29-31-49(5)41(36-44)21-26-45-47-28-27-46(38(4)16-14-15-37(2)3)50(47,6)32-30-48(45)49/h17-25,37-38,44-48H,7-16,26-36H2,1-6H3/t38-,44+,45+,46-,47+,48+,49+,50-/m1/s1. The lowest BCUT2D eigenvalue weighted by Crippen LogP contribution is -2.51. The summed E-state index contributed by atoms with van der Waals surface area (Å²) >= 11 is 0. The van der Waals surface area contributed by atoms with E-state index in [1.807, 2.05) is 0 Å². The van der Waals surface area contributed by atoms with Crippen LogP contribution in [0.25, 0.3) is 11.1 Å². The van der Waals surface area contributed by atoms with E-state index < -0.39 is 0 Å². The van der Waals surface area contributed by atoms with E-state index in [0.29, 0.717) is 16.9 Å². The Morgan fingerprint density at radius 2 is 1.30 bits per heavy atom. The number of hydrogen-bond acceptors (Lipinski definition) is 3. The molecule has 0 saturated heterocycles. The molecule has 294 valence electrons. The van der Waals surface area contributed by atoms with Gasteiger partial charge in [0, 0.05) is 6.61 Å². The maximum Gasteiger partial charge on any atom is 0.119 e. The average Bonchev–Trinajstić information content (AvgIpc) is 3.52. The minimum atomic E-state index is 0.421. The van der Waals surface area contributed by atoms with Gasteiger partial charge >= 0.3 is 0 Å². The molecule has 53 heavy (non-hydrogen) atoms. The Labute approximate surface area is 325 Å². The molecule has 4 aliphatic carbocycles. The molecular formula is C50H76O3. The Balaban J connectivity index is 0.849. The van der Waals surface area contributed by atoms with Crippen LogP contribution in [0.4, 0.5) is 0 Å². The lowest BCUT2D eigenvalue weighted by Gasteiger charge is -2.58. The molecule has 3 nitrogen and oxygen atoms in total. The fraction of sp³-hybridized carbons (Fsp3) is 0.720. The molecule has 4 aliphatic rings. The van der Waals surface area contributed by atoms with Gasteiger partial charge in [-0.3, -0.25) is 0 Å². The first-order chi connectivity index (χ1) is 25.7. The maximum atomic E-state index is 6.57. The van der Waals surface area contributed by atoms with Gasteiger partial charge in [0.05, 0.1) is 19.3 Å². The summed E-state index contributed by atoms with van der Waals surface area (Å²) in [4.78, 5) is 0. The maximum absolute atomic E-state index is 6.57. The smallest absolute Gasteiger partial charge is 0.119 e. The van der Waals surface area contributed by atoms with Crippen molar-refractivity contribution in [3.63, 3.8) is 0 Å². The summed E-state index contributed by atoms with van der Waals surface area (Å²) in [6.07, 6.45) is 26.8. The van der Waals surface area contributed by atoms with E-state index >= 15 is 0 Å². The minimum Gasteiger partial charge on any atom is -0.494 e. The van der Waals surface area contributed by atoms with Crippen LogP contribution in [0, 0.1) is 46.3 Å². The van der Waals surface area contributed by atoms with Gasteiger partial charge in [0.2, 0.25) is 0 Å². The normalized spacial score (nSPS) is 29.9. The molecule has 0 aliphatic heterocycles. The first-order valence-electron chi connectivity index (χ1n) is 22.5. The predicted octanol–water partition coefficient (Wildman–Crippen LogP) is 14.3. The van der Waals surface area contributed by atoms with E-state index in [-0.39, 0.29) is 0 Å². The number of hydrogen-bond donors (Lipinski definition) is 0. The van der Waals surface area contributed by atoms with Gasteiger partial charge in [-0.25, -0.2) is 0 Å². The first kappa shape index (κ1) is 40.4. The summed E-state index contributed by atoms with van der Waals surface area (Å²) in [5.74, 6) is 7.37. The zero-order valence-electron chi connectivity index (χ0n) is 34.8. The van der Waals surface area contributed by atoms with Crippen LogP contribution in [0.3, 0.4) is 0 Å². The fourth-order valence-corrected chi connectivity index (χ4v) is 11.8. The molecule has 0 unspecified atom stereocenters.